The van der Waals surface area contributed by atoms with Crippen LogP contribution in [0.2, 0.25) is 0 Å². The fourth-order valence-corrected chi connectivity index (χ4v) is 1.14. The molecule has 1 amide bonds. The van der Waals surface area contributed by atoms with Gasteiger partial charge in [-0.25, -0.2) is 0 Å². The molecule has 0 bridgehead atoms. The van der Waals surface area contributed by atoms with Gasteiger partial charge in [-0.2, -0.15) is 13.2 Å². The molecule has 3 N–H and O–H groups in total. The predicted molar refractivity (Wildman–Crippen MR) is 61.3 cm³/mol. The minimum Gasteiger partial charge on any atom is -0.375 e. The van der Waals surface area contributed by atoms with Crippen molar-refractivity contribution in [1.29, 1.82) is 0 Å². The Morgan fingerprint density at radius 1 is 1.56 bits per heavy atom. The van der Waals surface area contributed by atoms with Crippen LogP contribution < -0.4 is 11.2 Å². The van der Waals surface area contributed by atoms with Crippen molar-refractivity contribution in [3.05, 3.63) is 29.6 Å². The van der Waals surface area contributed by atoms with Gasteiger partial charge in [0.2, 0.25) is 0 Å². The normalized spacial score (nSPS) is 10.9. The number of nitrogens with zero attached hydrogens (tertiary/aromatic N) is 2. The maximum atomic E-state index is 12.6. The van der Waals surface area contributed by atoms with Crippen LogP contribution in [-0.4, -0.2) is 28.1 Å². The van der Waals surface area contributed by atoms with Gasteiger partial charge >= 0.3 is 6.18 Å². The maximum absolute atomic E-state index is 12.6. The number of thiocarbonyl (C=S) groups is 1. The molecule has 0 spiro atoms. The van der Waals surface area contributed by atoms with Crippen molar-refractivity contribution in [3.8, 4) is 0 Å². The molecule has 0 saturated carbocycles. The van der Waals surface area contributed by atoms with E-state index in [9.17, 15) is 18.0 Å². The molecule has 1 rings (SSSR count). The molecule has 9 heteroatoms. The lowest BCUT2D eigenvalue weighted by Gasteiger charge is -2.19. The quantitative estimate of drug-likeness (QED) is 0.590. The van der Waals surface area contributed by atoms with Crippen LogP contribution in [0.15, 0.2) is 18.5 Å². The molecule has 18 heavy (non-hydrogen) atoms. The number of pyridine rings is 1. The summed E-state index contributed by atoms with van der Waals surface area (Å²) in [6.07, 6.45) is -2.86. The lowest BCUT2D eigenvalue weighted by molar-refractivity contribution is -0.138. The molecule has 98 valence electrons. The Morgan fingerprint density at radius 3 is 2.67 bits per heavy atom. The van der Waals surface area contributed by atoms with Crippen LogP contribution in [0, 0.1) is 0 Å². The Morgan fingerprint density at radius 2 is 2.17 bits per heavy atom. The number of rotatable bonds is 1. The number of hydrogen-bond donors (Lipinski definition) is 2. The van der Waals surface area contributed by atoms with E-state index in [4.69, 9.17) is 5.73 Å². The van der Waals surface area contributed by atoms with Crippen LogP contribution in [0.1, 0.15) is 15.9 Å². The average Bonchev–Trinajstić information content (AvgIpc) is 2.27. The number of nitrogens with one attached hydrogen (secondary N) is 1. The number of alkyl halides is 3. The van der Waals surface area contributed by atoms with Gasteiger partial charge in [-0.1, -0.05) is 0 Å². The summed E-state index contributed by atoms with van der Waals surface area (Å²) in [7, 11) is 1.31. The largest absolute Gasteiger partial charge is 0.417 e. The van der Waals surface area contributed by atoms with Crippen LogP contribution in [0.3, 0.4) is 0 Å². The van der Waals surface area contributed by atoms with E-state index in [0.717, 1.165) is 23.5 Å². The molecule has 0 unspecified atom stereocenters. The maximum Gasteiger partial charge on any atom is 0.417 e. The van der Waals surface area contributed by atoms with E-state index in [-0.39, 0.29) is 5.11 Å². The van der Waals surface area contributed by atoms with Crippen molar-refractivity contribution in [2.75, 3.05) is 7.05 Å². The monoisotopic (exact) mass is 278 g/mol. The van der Waals surface area contributed by atoms with Gasteiger partial charge in [-0.15, -0.1) is 0 Å². The number of hydrazine groups is 1. The molecule has 5 nitrogen and oxygen atoms in total. The van der Waals surface area contributed by atoms with E-state index < -0.39 is 23.2 Å². The van der Waals surface area contributed by atoms with E-state index in [1.54, 1.807) is 0 Å². The second kappa shape index (κ2) is 5.17. The van der Waals surface area contributed by atoms with E-state index in [1.807, 2.05) is 0 Å². The van der Waals surface area contributed by atoms with Crippen LogP contribution in [0.4, 0.5) is 13.2 Å². The summed E-state index contributed by atoms with van der Waals surface area (Å²) in [4.78, 5) is 15.1. The van der Waals surface area contributed by atoms with Crippen LogP contribution in [0.5, 0.6) is 0 Å². The molecule has 0 atom stereocenters. The molecule has 1 aromatic heterocycles. The zero-order valence-electron chi connectivity index (χ0n) is 9.15. The van der Waals surface area contributed by atoms with E-state index >= 15 is 0 Å². The van der Waals surface area contributed by atoms with Crippen LogP contribution >= 0.6 is 12.2 Å². The van der Waals surface area contributed by atoms with E-state index in [2.05, 4.69) is 22.6 Å². The summed E-state index contributed by atoms with van der Waals surface area (Å²) in [5.74, 6) is -0.995. The third-order valence-corrected chi connectivity index (χ3v) is 2.24. The lowest BCUT2D eigenvalue weighted by atomic mass is 10.1. The van der Waals surface area contributed by atoms with Crippen molar-refractivity contribution >= 4 is 23.2 Å². The average molecular weight is 278 g/mol. The van der Waals surface area contributed by atoms with E-state index in [0.29, 0.717) is 0 Å². The number of carbonyl (C=O) groups excluding carboxylic acids is 1. The summed E-state index contributed by atoms with van der Waals surface area (Å²) >= 11 is 4.54. The Labute approximate surface area is 106 Å². The third-order valence-electron chi connectivity index (χ3n) is 1.97. The second-order valence-electron chi connectivity index (χ2n) is 3.26. The molecule has 0 aliphatic heterocycles. The van der Waals surface area contributed by atoms with Gasteiger partial charge in [-0.3, -0.25) is 20.2 Å². The van der Waals surface area contributed by atoms with Crippen molar-refractivity contribution in [2.24, 2.45) is 5.73 Å². The second-order valence-corrected chi connectivity index (χ2v) is 3.68. The molecule has 0 radical (unpaired) electrons. The molecule has 0 saturated heterocycles. The lowest BCUT2D eigenvalue weighted by Crippen LogP contribution is -2.46. The number of halogens is 3. The molecule has 0 aliphatic carbocycles. The summed E-state index contributed by atoms with van der Waals surface area (Å²) < 4.78 is 37.9. The summed E-state index contributed by atoms with van der Waals surface area (Å²) in [5.41, 5.74) is 5.61. The summed E-state index contributed by atoms with van der Waals surface area (Å²) in [5, 5.41) is 0.756. The molecule has 0 aliphatic rings. The minimum atomic E-state index is -4.64. The van der Waals surface area contributed by atoms with Gasteiger partial charge in [0.1, 0.15) is 0 Å². The van der Waals surface area contributed by atoms with Gasteiger partial charge in [0.15, 0.2) is 5.11 Å². The van der Waals surface area contributed by atoms with Gasteiger partial charge in [0.05, 0.1) is 11.1 Å². The number of carbonyl (C=O) groups is 1. The zero-order chi connectivity index (χ0) is 13.9. The standard InChI is InChI=1S/C9H9F3N4OS/c1-16(8(13)18)15-7(17)5-4-14-3-2-6(5)9(10,11)12/h2-4H,1H3,(H2,13,18)(H,15,17). The topological polar surface area (TPSA) is 71.2 Å². The van der Waals surface area contributed by atoms with Crippen molar-refractivity contribution in [3.63, 3.8) is 0 Å². The Bertz CT molecular complexity index is 477. The number of amides is 1. The SMILES string of the molecule is CN(NC(=O)c1cnccc1C(F)(F)F)C(N)=S. The van der Waals surface area contributed by atoms with Gasteiger partial charge < -0.3 is 5.73 Å². The predicted octanol–water partition coefficient (Wildman–Crippen LogP) is 0.921. The Hall–Kier alpha value is -1.90. The molecule has 0 aromatic carbocycles. The summed E-state index contributed by atoms with van der Waals surface area (Å²) in [6.45, 7) is 0. The summed E-state index contributed by atoms with van der Waals surface area (Å²) in [6, 6.07) is 0.718. The first kappa shape index (κ1) is 14.2. The molecular formula is C9H9F3N4OS. The highest BCUT2D eigenvalue weighted by Crippen LogP contribution is 2.31. The van der Waals surface area contributed by atoms with E-state index in [1.165, 1.54) is 7.05 Å². The highest BCUT2D eigenvalue weighted by atomic mass is 32.1. The molecule has 0 fully saturated rings. The number of hydrogen-bond acceptors (Lipinski definition) is 3. The van der Waals surface area contributed by atoms with Crippen molar-refractivity contribution in [1.82, 2.24) is 15.4 Å². The fourth-order valence-electron chi connectivity index (χ4n) is 1.09. The fraction of sp³-hybridized carbons (Fsp3) is 0.222. The van der Waals surface area contributed by atoms with Crippen LogP contribution in [0.25, 0.3) is 0 Å². The molecular weight excluding hydrogens is 269 g/mol. The first-order valence-corrected chi connectivity index (χ1v) is 4.99. The van der Waals surface area contributed by atoms with Crippen LogP contribution in [-0.2, 0) is 6.18 Å². The Kier molecular flexibility index (Phi) is 4.07. The smallest absolute Gasteiger partial charge is 0.375 e. The molecule has 1 heterocycles. The van der Waals surface area contributed by atoms with Gasteiger partial charge in [-0.05, 0) is 18.3 Å². The van der Waals surface area contributed by atoms with Gasteiger partial charge in [0.25, 0.3) is 5.91 Å². The zero-order valence-corrected chi connectivity index (χ0v) is 9.97. The number of aromatic nitrogens is 1. The first-order chi connectivity index (χ1) is 8.23. The molecule has 1 aromatic rings. The highest BCUT2D eigenvalue weighted by Gasteiger charge is 2.35. The minimum absolute atomic E-state index is 0.180. The number of nitrogens with two attached hydrogens (primary N) is 1. The van der Waals surface area contributed by atoms with Crippen molar-refractivity contribution in [2.45, 2.75) is 6.18 Å². The Balaban J connectivity index is 3.03. The highest BCUT2D eigenvalue weighted by molar-refractivity contribution is 7.80. The third kappa shape index (κ3) is 3.29. The first-order valence-electron chi connectivity index (χ1n) is 4.59. The van der Waals surface area contributed by atoms with Gasteiger partial charge in [0, 0.05) is 19.4 Å². The van der Waals surface area contributed by atoms with Crippen molar-refractivity contribution < 1.29 is 18.0 Å².